The molecule has 1 aromatic rings. The lowest BCUT2D eigenvalue weighted by Gasteiger charge is -2.34. The summed E-state index contributed by atoms with van der Waals surface area (Å²) in [6.07, 6.45) is 0.664. The Morgan fingerprint density at radius 2 is 2.05 bits per heavy atom. The number of ether oxygens (including phenoxy) is 2. The standard InChI is InChI=1S/C14H13Cl3INO3/c1-21-11(20)9-2-4-10(5-3-9)13(8-18)6-7-22-12(19-13)14(15,16)17/h2-5H,6-8H2,1H3/t13-/m1/s1. The number of esters is 1. The van der Waals surface area contributed by atoms with Gasteiger partial charge in [0.2, 0.25) is 5.90 Å². The van der Waals surface area contributed by atoms with Gasteiger partial charge in [0.25, 0.3) is 3.79 Å². The highest BCUT2D eigenvalue weighted by Gasteiger charge is 2.40. The van der Waals surface area contributed by atoms with Gasteiger partial charge in [-0.2, -0.15) is 0 Å². The first-order valence-electron chi connectivity index (χ1n) is 6.37. The Kier molecular flexibility index (Phi) is 5.85. The lowest BCUT2D eigenvalue weighted by Crippen LogP contribution is -2.38. The third-order valence-corrected chi connectivity index (χ3v) is 5.12. The number of methoxy groups -OCH3 is 1. The van der Waals surface area contributed by atoms with Gasteiger partial charge < -0.3 is 9.47 Å². The van der Waals surface area contributed by atoms with Gasteiger partial charge in [-0.3, -0.25) is 0 Å². The molecule has 0 bridgehead atoms. The quantitative estimate of drug-likeness (QED) is 0.372. The third kappa shape index (κ3) is 3.80. The van der Waals surface area contributed by atoms with Gasteiger partial charge >= 0.3 is 5.97 Å². The summed E-state index contributed by atoms with van der Waals surface area (Å²) in [7, 11) is 1.35. The van der Waals surface area contributed by atoms with Crippen molar-refractivity contribution in [3.05, 3.63) is 35.4 Å². The van der Waals surface area contributed by atoms with E-state index in [1.165, 1.54) is 7.11 Å². The summed E-state index contributed by atoms with van der Waals surface area (Å²) in [5, 5.41) is 0. The number of aliphatic imine (C=N–C) groups is 1. The first-order valence-corrected chi connectivity index (χ1v) is 9.03. The Bertz CT molecular complexity index is 586. The summed E-state index contributed by atoms with van der Waals surface area (Å²) in [5.41, 5.74) is 0.879. The van der Waals surface area contributed by atoms with E-state index in [1.807, 2.05) is 12.1 Å². The first-order chi connectivity index (χ1) is 10.3. The number of nitrogens with zero attached hydrogens (tertiary/aromatic N) is 1. The van der Waals surface area contributed by atoms with Crippen LogP contribution in [0.2, 0.25) is 0 Å². The number of alkyl halides is 4. The van der Waals surface area contributed by atoms with E-state index < -0.39 is 9.33 Å². The van der Waals surface area contributed by atoms with Gasteiger partial charge in [-0.05, 0) is 17.7 Å². The van der Waals surface area contributed by atoms with Crippen LogP contribution in [0.4, 0.5) is 0 Å². The molecule has 0 aliphatic carbocycles. The molecule has 0 radical (unpaired) electrons. The van der Waals surface area contributed by atoms with Crippen molar-refractivity contribution in [2.24, 2.45) is 4.99 Å². The number of hydrogen-bond acceptors (Lipinski definition) is 4. The smallest absolute Gasteiger partial charge is 0.337 e. The summed E-state index contributed by atoms with van der Waals surface area (Å²) < 4.78 is 9.07. The Labute approximate surface area is 157 Å². The lowest BCUT2D eigenvalue weighted by molar-refractivity contribution is 0.0600. The lowest BCUT2D eigenvalue weighted by atomic mass is 9.88. The normalized spacial score (nSPS) is 21.8. The number of halogens is 4. The van der Waals surface area contributed by atoms with Crippen LogP contribution >= 0.6 is 57.4 Å². The zero-order valence-corrected chi connectivity index (χ0v) is 16.0. The fourth-order valence-corrected chi connectivity index (χ4v) is 3.44. The molecular formula is C14H13Cl3INO3. The molecule has 22 heavy (non-hydrogen) atoms. The van der Waals surface area contributed by atoms with Gasteiger partial charge in [-0.15, -0.1) is 0 Å². The Morgan fingerprint density at radius 3 is 2.55 bits per heavy atom. The van der Waals surface area contributed by atoms with E-state index in [9.17, 15) is 4.79 Å². The van der Waals surface area contributed by atoms with Crippen LogP contribution in [0.5, 0.6) is 0 Å². The molecule has 1 aromatic carbocycles. The summed E-state index contributed by atoms with van der Waals surface area (Å²) in [5.74, 6) is -0.287. The Balaban J connectivity index is 2.40. The van der Waals surface area contributed by atoms with Crippen LogP contribution in [0.1, 0.15) is 22.3 Å². The molecule has 0 spiro atoms. The number of carbonyl (C=O) groups excluding carboxylic acids is 1. The van der Waals surface area contributed by atoms with Crippen molar-refractivity contribution in [1.29, 1.82) is 0 Å². The predicted octanol–water partition coefficient (Wildman–Crippen LogP) is 4.29. The fourth-order valence-electron chi connectivity index (χ4n) is 2.16. The van der Waals surface area contributed by atoms with Gasteiger partial charge in [0.1, 0.15) is 5.54 Å². The molecule has 2 rings (SSSR count). The zero-order chi connectivity index (χ0) is 16.4. The second-order valence-corrected chi connectivity index (χ2v) is 7.79. The van der Waals surface area contributed by atoms with Crippen molar-refractivity contribution >= 4 is 69.3 Å². The van der Waals surface area contributed by atoms with Crippen molar-refractivity contribution in [2.45, 2.75) is 15.8 Å². The monoisotopic (exact) mass is 475 g/mol. The van der Waals surface area contributed by atoms with E-state index in [2.05, 4.69) is 27.6 Å². The summed E-state index contributed by atoms with van der Waals surface area (Å²) in [6.45, 7) is 0.411. The summed E-state index contributed by atoms with van der Waals surface area (Å²) >= 11 is 19.9. The minimum Gasteiger partial charge on any atom is -0.478 e. The Hall–Kier alpha value is -0.240. The highest BCUT2D eigenvalue weighted by atomic mass is 127. The minimum absolute atomic E-state index is 0.0949. The molecule has 8 heteroatoms. The molecule has 1 heterocycles. The zero-order valence-electron chi connectivity index (χ0n) is 11.6. The van der Waals surface area contributed by atoms with E-state index in [-0.39, 0.29) is 11.9 Å². The van der Waals surface area contributed by atoms with Crippen molar-refractivity contribution < 1.29 is 14.3 Å². The topological polar surface area (TPSA) is 47.9 Å². The second-order valence-electron chi connectivity index (χ2n) is 4.75. The number of hydrogen-bond donors (Lipinski definition) is 0. The second kappa shape index (κ2) is 7.11. The van der Waals surface area contributed by atoms with Crippen LogP contribution in [0, 0.1) is 0 Å². The minimum atomic E-state index is -1.69. The summed E-state index contributed by atoms with van der Waals surface area (Å²) in [4.78, 5) is 16.1. The highest BCUT2D eigenvalue weighted by molar-refractivity contribution is 14.1. The maximum absolute atomic E-state index is 11.5. The van der Waals surface area contributed by atoms with E-state index in [4.69, 9.17) is 44.3 Å². The van der Waals surface area contributed by atoms with E-state index in [0.717, 1.165) is 5.56 Å². The van der Waals surface area contributed by atoms with Gasteiger partial charge in [-0.25, -0.2) is 9.79 Å². The number of benzene rings is 1. The van der Waals surface area contributed by atoms with Crippen LogP contribution < -0.4 is 0 Å². The van der Waals surface area contributed by atoms with Gasteiger partial charge in [0, 0.05) is 10.8 Å². The van der Waals surface area contributed by atoms with Crippen LogP contribution in [-0.4, -0.2) is 33.8 Å². The fraction of sp³-hybridized carbons (Fsp3) is 0.429. The van der Waals surface area contributed by atoms with E-state index in [0.29, 0.717) is 23.0 Å². The van der Waals surface area contributed by atoms with E-state index >= 15 is 0 Å². The van der Waals surface area contributed by atoms with Gasteiger partial charge in [-0.1, -0.05) is 69.5 Å². The molecule has 0 unspecified atom stereocenters. The van der Waals surface area contributed by atoms with Crippen LogP contribution in [-0.2, 0) is 15.0 Å². The molecule has 1 atom stereocenters. The van der Waals surface area contributed by atoms with Crippen molar-refractivity contribution in [2.75, 3.05) is 18.1 Å². The summed E-state index contributed by atoms with van der Waals surface area (Å²) in [6, 6.07) is 7.09. The Morgan fingerprint density at radius 1 is 1.41 bits per heavy atom. The van der Waals surface area contributed by atoms with Crippen LogP contribution in [0.25, 0.3) is 0 Å². The molecule has 1 aliphatic rings. The molecule has 0 saturated heterocycles. The maximum atomic E-state index is 11.5. The molecule has 0 amide bonds. The highest BCUT2D eigenvalue weighted by Crippen LogP contribution is 2.39. The predicted molar refractivity (Wildman–Crippen MR) is 96.6 cm³/mol. The van der Waals surface area contributed by atoms with Crippen LogP contribution in [0.3, 0.4) is 0 Å². The van der Waals surface area contributed by atoms with E-state index in [1.54, 1.807) is 12.1 Å². The molecule has 120 valence electrons. The van der Waals surface area contributed by atoms with Gasteiger partial charge in [0.05, 0.1) is 19.3 Å². The molecule has 0 fully saturated rings. The number of carbonyl (C=O) groups is 1. The van der Waals surface area contributed by atoms with Crippen LogP contribution in [0.15, 0.2) is 29.3 Å². The first kappa shape index (κ1) is 18.1. The van der Waals surface area contributed by atoms with Crippen molar-refractivity contribution in [1.82, 2.24) is 0 Å². The molecule has 0 saturated carbocycles. The average molecular weight is 477 g/mol. The van der Waals surface area contributed by atoms with Crippen molar-refractivity contribution in [3.63, 3.8) is 0 Å². The van der Waals surface area contributed by atoms with Gasteiger partial charge in [0.15, 0.2) is 0 Å². The van der Waals surface area contributed by atoms with Crippen molar-refractivity contribution in [3.8, 4) is 0 Å². The number of rotatable bonds is 3. The third-order valence-electron chi connectivity index (χ3n) is 3.38. The largest absolute Gasteiger partial charge is 0.478 e. The molecule has 0 aromatic heterocycles. The molecule has 0 N–H and O–H groups in total. The average Bonchev–Trinajstić information content (AvgIpc) is 2.53. The molecule has 1 aliphatic heterocycles. The maximum Gasteiger partial charge on any atom is 0.337 e. The molecule has 4 nitrogen and oxygen atoms in total. The molecular weight excluding hydrogens is 463 g/mol. The SMILES string of the molecule is COC(=O)c1ccc([C@]2(CI)CCOC(C(Cl)(Cl)Cl)=N2)cc1.